The number of aliphatic imine (C=N–C) groups is 1. The molecule has 115 heavy (non-hydrogen) atoms. The molecule has 0 bridgehead atoms. The Bertz CT molecular complexity index is 3540. The van der Waals surface area contributed by atoms with Crippen molar-refractivity contribution < 1.29 is 126 Å². The fourth-order valence-electron chi connectivity index (χ4n) is 12.1. The van der Waals surface area contributed by atoms with Gasteiger partial charge in [0.15, 0.2) is 5.96 Å². The normalized spacial score (nSPS) is 18.8. The van der Waals surface area contributed by atoms with Crippen LogP contribution in [0.25, 0.3) is 0 Å². The highest BCUT2D eigenvalue weighted by molar-refractivity contribution is 8.00. The lowest BCUT2D eigenvalue weighted by atomic mass is 10.0. The Labute approximate surface area is 670 Å². The van der Waals surface area contributed by atoms with Crippen molar-refractivity contribution >= 4 is 144 Å². The molecule has 3 saturated heterocycles. The molecule has 648 valence electrons. The number of hydrogen-bond donors (Lipinski definition) is 24. The summed E-state index contributed by atoms with van der Waals surface area (Å²) in [6.07, 6.45) is -4.09. The Morgan fingerprint density at radius 2 is 1.11 bits per heavy atom. The van der Waals surface area contributed by atoms with Crippen LogP contribution < -0.4 is 97.4 Å². The van der Waals surface area contributed by atoms with Crippen LogP contribution in [-0.4, -0.2) is 294 Å². The number of urea groups is 1. The topological polar surface area (TPSA) is 743 Å². The number of amides is 17. The van der Waals surface area contributed by atoms with Crippen LogP contribution in [0.3, 0.4) is 0 Å². The zero-order valence-electron chi connectivity index (χ0n) is 64.8. The van der Waals surface area contributed by atoms with Gasteiger partial charge in [-0.1, -0.05) is 34.1 Å². The number of likely N-dealkylation sites (tertiary alicyclic amines) is 1. The lowest BCUT2D eigenvalue weighted by Gasteiger charge is -2.31. The Morgan fingerprint density at radius 1 is 0.591 bits per heavy atom. The molecule has 17 amide bonds. The lowest BCUT2D eigenvalue weighted by molar-refractivity contribution is -0.143. The number of primary amides is 2. The van der Waals surface area contributed by atoms with Crippen LogP contribution in [0.5, 0.6) is 0 Å². The van der Waals surface area contributed by atoms with Crippen molar-refractivity contribution in [1.29, 1.82) is 0 Å². The van der Waals surface area contributed by atoms with Crippen molar-refractivity contribution in [3.8, 4) is 0 Å². The first-order valence-corrected chi connectivity index (χ1v) is 41.0. The van der Waals surface area contributed by atoms with E-state index in [0.29, 0.717) is 12.8 Å². The zero-order valence-corrected chi connectivity index (χ0v) is 67.3. The number of carboxylic acids is 2. The molecule has 0 saturated carbocycles. The highest BCUT2D eigenvalue weighted by Crippen LogP contribution is 2.36. The van der Waals surface area contributed by atoms with Gasteiger partial charge in [0.2, 0.25) is 88.6 Å². The summed E-state index contributed by atoms with van der Waals surface area (Å²) in [5.41, 5.74) is 21.6. The molecule has 3 aliphatic rings. The Balaban J connectivity index is 1.79. The number of nitrogens with one attached hydrogen (secondary N) is 14. The molecule has 3 rings (SSSR count). The molecule has 0 spiro atoms. The summed E-state index contributed by atoms with van der Waals surface area (Å²) in [5.74, 6) is -19.9. The summed E-state index contributed by atoms with van der Waals surface area (Å²) >= 11 is 2.92. The second-order valence-corrected chi connectivity index (χ2v) is 31.9. The molecule has 49 heteroatoms. The number of carbonyl (C=O) groups is 18. The molecule has 0 unspecified atom stereocenters. The molecule has 0 radical (unpaired) electrons. The molecule has 3 heterocycles. The van der Waals surface area contributed by atoms with Gasteiger partial charge < -0.3 is 132 Å². The van der Waals surface area contributed by atoms with Crippen LogP contribution in [0.2, 0.25) is 0 Å². The van der Waals surface area contributed by atoms with Crippen LogP contribution in [0, 0.1) is 11.8 Å². The maximum absolute atomic E-state index is 14.7. The van der Waals surface area contributed by atoms with E-state index in [1.165, 1.54) is 25.6 Å². The predicted octanol–water partition coefficient (Wildman–Crippen LogP) is -8.75. The molecule has 3 aliphatic heterocycles. The number of nitrogens with zero attached hydrogens (tertiary/aromatic N) is 2. The summed E-state index contributed by atoms with van der Waals surface area (Å²) in [5, 5.41) is 74.5. The number of hydrogen-bond acceptors (Lipinski definition) is 25. The van der Waals surface area contributed by atoms with Crippen LogP contribution >= 0.6 is 31.3 Å². The number of aliphatic hydroxyl groups is 2. The van der Waals surface area contributed by atoms with Crippen molar-refractivity contribution in [2.24, 2.45) is 39.8 Å². The third kappa shape index (κ3) is 36.3. The first kappa shape index (κ1) is 99.5. The summed E-state index contributed by atoms with van der Waals surface area (Å²) in [4.78, 5) is 263. The maximum Gasteiger partial charge on any atom is 0.469 e. The molecular weight excluding hydrogens is 1580 g/mol. The quantitative estimate of drug-likeness (QED) is 0.00884. The molecular formula is C66H111N20O26PS2. The molecule has 0 aliphatic carbocycles. The number of carboxylic acid groups (broad SMARTS) is 2. The van der Waals surface area contributed by atoms with Gasteiger partial charge in [0.25, 0.3) is 0 Å². The second-order valence-electron chi connectivity index (χ2n) is 28.4. The molecule has 28 N–H and O–H groups in total. The number of aliphatic hydroxyl groups excluding tert-OH is 2. The van der Waals surface area contributed by atoms with Gasteiger partial charge in [-0.05, 0) is 102 Å². The predicted molar refractivity (Wildman–Crippen MR) is 409 cm³/mol. The number of carbonyl (C=O) groups excluding carboxylic acids is 16. The SMILES string of the molecule is CSCC[C@H](NC(=O)[C@@H]1CCCN1C(=O)[C@H](COP(=O)(O)O)NC(=O)[C@H](CC(C)C)NC(=O)[C@H](CCC(N)=O)NC(=O)[C@@H](NC(=O)[C@@H](NC(=O)[C@@H](NC(=O)CNC(=O)CNC(=O)CCCC[C@@H]1SC[C@@H]2NC(=O)N[C@@H]21)[C@@H](C)O)C(C)C)[C@@H](C)O)C(=O)N[C@@H](CC(=O)O)C(=O)N[C@@H](CCCN=C(N)N)C(=O)N[C@@H](CCC(=O)O)C(N)=O. The summed E-state index contributed by atoms with van der Waals surface area (Å²) in [6.45, 7) is 5.35. The largest absolute Gasteiger partial charge is 0.481 e. The number of thioether (sulfide) groups is 2. The van der Waals surface area contributed by atoms with Crippen LogP contribution in [0.4, 0.5) is 4.79 Å². The third-order valence-corrected chi connectivity index (χ3v) is 20.7. The Morgan fingerprint density at radius 3 is 1.69 bits per heavy atom. The summed E-state index contributed by atoms with van der Waals surface area (Å²) in [7, 11) is -5.50. The van der Waals surface area contributed by atoms with Gasteiger partial charge in [-0.25, -0.2) is 9.36 Å². The number of aliphatic carboxylic acids is 2. The van der Waals surface area contributed by atoms with E-state index in [1.807, 2.05) is 0 Å². The number of phosphoric acid groups is 1. The van der Waals surface area contributed by atoms with Crippen LogP contribution in [0.1, 0.15) is 138 Å². The fourth-order valence-corrected chi connectivity index (χ4v) is 14.4. The molecule has 0 aromatic carbocycles. The van der Waals surface area contributed by atoms with Gasteiger partial charge in [0, 0.05) is 43.4 Å². The van der Waals surface area contributed by atoms with Gasteiger partial charge in [-0.15, -0.1) is 0 Å². The highest BCUT2D eigenvalue weighted by atomic mass is 32.2. The number of fused-ring (bicyclic) bond motifs is 1. The van der Waals surface area contributed by atoms with Crippen molar-refractivity contribution in [3.05, 3.63) is 0 Å². The van der Waals surface area contributed by atoms with E-state index in [9.17, 15) is 116 Å². The van der Waals surface area contributed by atoms with Gasteiger partial charge in [-0.2, -0.15) is 23.5 Å². The van der Waals surface area contributed by atoms with E-state index >= 15 is 0 Å². The Kier molecular flexibility index (Phi) is 42.6. The van der Waals surface area contributed by atoms with E-state index in [0.717, 1.165) is 30.9 Å². The minimum absolute atomic E-state index is 0.0124. The van der Waals surface area contributed by atoms with Crippen molar-refractivity contribution in [3.63, 3.8) is 0 Å². The zero-order chi connectivity index (χ0) is 86.7. The minimum atomic E-state index is -5.50. The number of nitrogens with two attached hydrogens (primary N) is 4. The van der Waals surface area contributed by atoms with E-state index in [4.69, 9.17) is 28.0 Å². The standard InChI is InChI=1S/C66H111N20O26PS2/c1-30(2)24-38(78-56(99)36(16-18-44(67)89)77-62(105)52(33(6)88)84-61(104)50(31(3)4)83-63(106)51(32(5)87)82-47(92)27-73-46(91)26-72-45(90)15-9-8-14-43-53-41(29-115-43)81-66(108)85-53)58(101)80-40(28-112-113(109,110)111)64(107)86-22-11-13-42(86)60(103)76-37(20-23-114-7)57(100)79-39(25-49(95)96)59(102)75-35(12-10-21-71-65(69)70)55(98)74-34(54(68)97)17-19-48(93)94/h30-43,50-53,87-88H,8-29H2,1-7H3,(H2,67,89)(H2,68,97)(H,72,90)(H,73,91)(H,74,98)(H,75,102)(H,76,103)(H,77,105)(H,78,99)(H,79,100)(H,80,101)(H,82,92)(H,83,106)(H,84,104)(H,93,94)(H,95,96)(H4,69,70,71)(H2,81,85,108)(H2,109,110,111)/t32-,33-,34+,35+,36+,37+,38+,39+,40+,41+,42+,43+,50+,51+,52+,53+/m1/s1. The average molecular weight is 1700 g/mol. The van der Waals surface area contributed by atoms with Crippen molar-refractivity contribution in [2.45, 2.75) is 234 Å². The van der Waals surface area contributed by atoms with E-state index in [-0.39, 0.29) is 93.1 Å². The van der Waals surface area contributed by atoms with Crippen LogP contribution in [-0.2, 0) is 90.6 Å². The molecule has 0 aromatic heterocycles. The number of phosphoric ester groups is 1. The number of rotatable bonds is 53. The first-order valence-electron chi connectivity index (χ1n) is 37.0. The van der Waals surface area contributed by atoms with Crippen molar-refractivity contribution in [1.82, 2.24) is 79.3 Å². The maximum atomic E-state index is 14.7. The summed E-state index contributed by atoms with van der Waals surface area (Å²) < 4.78 is 16.9. The molecule has 0 aromatic rings. The highest BCUT2D eigenvalue weighted by Gasteiger charge is 2.45. The van der Waals surface area contributed by atoms with Gasteiger partial charge in [0.1, 0.15) is 66.5 Å². The monoisotopic (exact) mass is 1690 g/mol. The lowest BCUT2D eigenvalue weighted by Crippen LogP contribution is -2.63. The first-order chi connectivity index (χ1) is 53.8. The average Bonchev–Trinajstić information content (AvgIpc) is 1.67. The summed E-state index contributed by atoms with van der Waals surface area (Å²) in [6, 6.07) is -19.5. The molecule has 3 fully saturated rings. The molecule has 46 nitrogen and oxygen atoms in total. The van der Waals surface area contributed by atoms with E-state index in [2.05, 4.69) is 84.0 Å². The number of unbranched alkanes of at least 4 members (excludes halogenated alkanes) is 1. The second kappa shape index (κ2) is 49.2. The third-order valence-electron chi connectivity index (χ3n) is 18.0. The van der Waals surface area contributed by atoms with Gasteiger partial charge in [0.05, 0.1) is 50.4 Å². The number of guanidine groups is 1. The smallest absolute Gasteiger partial charge is 0.469 e. The van der Waals surface area contributed by atoms with Gasteiger partial charge in [-0.3, -0.25) is 91.0 Å². The van der Waals surface area contributed by atoms with Crippen LogP contribution in [0.15, 0.2) is 4.99 Å². The van der Waals surface area contributed by atoms with Crippen molar-refractivity contribution in [2.75, 3.05) is 50.5 Å². The van der Waals surface area contributed by atoms with E-state index < -0.39 is 251 Å². The molecule has 16 atom stereocenters. The fraction of sp³-hybridized carbons (Fsp3) is 0.712. The van der Waals surface area contributed by atoms with E-state index in [1.54, 1.807) is 31.9 Å². The minimum Gasteiger partial charge on any atom is -0.481 e. The Hall–Kier alpha value is -9.74. The van der Waals surface area contributed by atoms with Gasteiger partial charge >= 0.3 is 25.8 Å².